The Balaban J connectivity index is 2.21. The van der Waals surface area contributed by atoms with Crippen LogP contribution in [0.1, 0.15) is 42.8 Å². The van der Waals surface area contributed by atoms with Crippen LogP contribution in [0.25, 0.3) is 0 Å². The minimum absolute atomic E-state index is 0.188. The molecule has 1 aromatic heterocycles. The van der Waals surface area contributed by atoms with Gasteiger partial charge in [-0.1, -0.05) is 20.3 Å². The Morgan fingerprint density at radius 3 is 2.73 bits per heavy atom. The molecule has 1 heterocycles. The van der Waals surface area contributed by atoms with Gasteiger partial charge >= 0.3 is 0 Å². The zero-order valence-electron chi connectivity index (χ0n) is 9.05. The summed E-state index contributed by atoms with van der Waals surface area (Å²) in [5, 5.41) is 0. The molecule has 82 valence electrons. The van der Waals surface area contributed by atoms with Crippen molar-refractivity contribution in [2.45, 2.75) is 33.1 Å². The van der Waals surface area contributed by atoms with Gasteiger partial charge in [-0.2, -0.15) is 0 Å². The average molecular weight is 287 g/mol. The summed E-state index contributed by atoms with van der Waals surface area (Å²) < 4.78 is 1.04. The average Bonchev–Trinajstić information content (AvgIpc) is 2.70. The predicted octanol–water partition coefficient (Wildman–Crippen LogP) is 4.52. The van der Waals surface area contributed by atoms with Gasteiger partial charge in [-0.15, -0.1) is 11.3 Å². The van der Waals surface area contributed by atoms with Gasteiger partial charge in [-0.3, -0.25) is 4.79 Å². The molecule has 1 fully saturated rings. The lowest BCUT2D eigenvalue weighted by atomic mass is 9.79. The molecule has 15 heavy (non-hydrogen) atoms. The number of hydrogen-bond donors (Lipinski definition) is 0. The van der Waals surface area contributed by atoms with Gasteiger partial charge in [0.15, 0.2) is 5.78 Å². The number of Topliss-reactive ketones (excluding diaryl/α,β-unsaturated/α-hetero) is 1. The first-order valence-electron chi connectivity index (χ1n) is 5.30. The number of carbonyl (C=O) groups excluding carboxylic acids is 1. The summed E-state index contributed by atoms with van der Waals surface area (Å²) >= 11 is 4.95. The minimum Gasteiger partial charge on any atom is -0.293 e. The zero-order valence-corrected chi connectivity index (χ0v) is 11.5. The molecule has 3 heteroatoms. The first-order valence-corrected chi connectivity index (χ1v) is 6.91. The standard InChI is InChI=1S/C12H15BrOS/c1-12(2)7-3-4-8(12)11(14)9-5-6-10(13)15-9/h5-6,8H,3-4,7H2,1-2H3. The molecular weight excluding hydrogens is 272 g/mol. The van der Waals surface area contributed by atoms with E-state index in [2.05, 4.69) is 29.8 Å². The van der Waals surface area contributed by atoms with Crippen molar-refractivity contribution >= 4 is 33.0 Å². The van der Waals surface area contributed by atoms with E-state index < -0.39 is 0 Å². The summed E-state index contributed by atoms with van der Waals surface area (Å²) in [6.07, 6.45) is 3.42. The Hall–Kier alpha value is -0.150. The summed E-state index contributed by atoms with van der Waals surface area (Å²) in [7, 11) is 0. The Bertz CT molecular complexity index is 381. The monoisotopic (exact) mass is 286 g/mol. The number of carbonyl (C=O) groups is 1. The van der Waals surface area contributed by atoms with Crippen LogP contribution in [0.5, 0.6) is 0 Å². The highest BCUT2D eigenvalue weighted by atomic mass is 79.9. The molecule has 1 aromatic rings. The number of thiophene rings is 1. The van der Waals surface area contributed by atoms with Gasteiger partial charge < -0.3 is 0 Å². The molecule has 1 saturated carbocycles. The number of hydrogen-bond acceptors (Lipinski definition) is 2. The maximum atomic E-state index is 12.3. The lowest BCUT2D eigenvalue weighted by molar-refractivity contribution is 0.0843. The first-order chi connectivity index (χ1) is 7.00. The van der Waals surface area contributed by atoms with Gasteiger partial charge in [-0.05, 0) is 46.3 Å². The maximum absolute atomic E-state index is 12.3. The fourth-order valence-electron chi connectivity index (χ4n) is 2.43. The van der Waals surface area contributed by atoms with Crippen LogP contribution in [0.3, 0.4) is 0 Å². The molecule has 0 saturated heterocycles. The van der Waals surface area contributed by atoms with E-state index in [1.165, 1.54) is 12.8 Å². The van der Waals surface area contributed by atoms with Crippen LogP contribution in [-0.4, -0.2) is 5.78 Å². The second kappa shape index (κ2) is 4.02. The lowest BCUT2D eigenvalue weighted by Crippen LogP contribution is -2.25. The van der Waals surface area contributed by atoms with Crippen LogP contribution in [0.15, 0.2) is 15.9 Å². The molecule has 1 nitrogen and oxygen atoms in total. The molecule has 0 amide bonds. The van der Waals surface area contributed by atoms with Crippen LogP contribution in [0, 0.1) is 11.3 Å². The Labute approximate surface area is 103 Å². The molecule has 0 radical (unpaired) electrons. The van der Waals surface area contributed by atoms with E-state index in [4.69, 9.17) is 0 Å². The van der Waals surface area contributed by atoms with E-state index in [0.717, 1.165) is 15.1 Å². The molecule has 1 unspecified atom stereocenters. The second-order valence-corrected chi connectivity index (χ2v) is 7.36. The molecule has 0 spiro atoms. The molecule has 0 bridgehead atoms. The highest BCUT2D eigenvalue weighted by Crippen LogP contribution is 2.44. The van der Waals surface area contributed by atoms with E-state index in [1.807, 2.05) is 12.1 Å². The third-order valence-electron chi connectivity index (χ3n) is 3.39. The second-order valence-electron chi connectivity index (χ2n) is 4.90. The largest absolute Gasteiger partial charge is 0.293 e. The Morgan fingerprint density at radius 2 is 2.27 bits per heavy atom. The van der Waals surface area contributed by atoms with Crippen molar-refractivity contribution in [3.8, 4) is 0 Å². The van der Waals surface area contributed by atoms with Gasteiger partial charge in [0.1, 0.15) is 0 Å². The SMILES string of the molecule is CC1(C)CCCC1C(=O)c1ccc(Br)s1. The van der Waals surface area contributed by atoms with Crippen LogP contribution in [0.4, 0.5) is 0 Å². The number of halogens is 1. The summed E-state index contributed by atoms with van der Waals surface area (Å²) in [4.78, 5) is 13.2. The molecule has 1 aliphatic rings. The topological polar surface area (TPSA) is 17.1 Å². The highest BCUT2D eigenvalue weighted by molar-refractivity contribution is 9.11. The van der Waals surface area contributed by atoms with Crippen LogP contribution >= 0.6 is 27.3 Å². The fourth-order valence-corrected chi connectivity index (χ4v) is 3.81. The van der Waals surface area contributed by atoms with Gasteiger partial charge in [0, 0.05) is 5.92 Å². The van der Waals surface area contributed by atoms with Crippen LogP contribution < -0.4 is 0 Å². The summed E-state index contributed by atoms with van der Waals surface area (Å²) in [5.74, 6) is 0.566. The van der Waals surface area contributed by atoms with Gasteiger partial charge in [0.2, 0.25) is 0 Å². The molecule has 1 atom stereocenters. The third kappa shape index (κ3) is 2.18. The predicted molar refractivity (Wildman–Crippen MR) is 67.5 cm³/mol. The summed E-state index contributed by atoms with van der Waals surface area (Å²) in [6, 6.07) is 3.89. The number of rotatable bonds is 2. The van der Waals surface area contributed by atoms with Crippen molar-refractivity contribution in [3.63, 3.8) is 0 Å². The molecule has 2 rings (SSSR count). The van der Waals surface area contributed by atoms with Crippen LogP contribution in [0.2, 0.25) is 0 Å². The molecule has 0 N–H and O–H groups in total. The van der Waals surface area contributed by atoms with Crippen LogP contribution in [-0.2, 0) is 0 Å². The maximum Gasteiger partial charge on any atom is 0.176 e. The first kappa shape index (κ1) is 11.3. The molecule has 0 aliphatic heterocycles. The van der Waals surface area contributed by atoms with Gasteiger partial charge in [0.25, 0.3) is 0 Å². The fraction of sp³-hybridized carbons (Fsp3) is 0.583. The third-order valence-corrected chi connectivity index (χ3v) is 5.03. The van der Waals surface area contributed by atoms with E-state index in [0.29, 0.717) is 5.78 Å². The van der Waals surface area contributed by atoms with Crippen molar-refractivity contribution < 1.29 is 4.79 Å². The Morgan fingerprint density at radius 1 is 1.53 bits per heavy atom. The minimum atomic E-state index is 0.188. The number of ketones is 1. The summed E-state index contributed by atoms with van der Waals surface area (Å²) in [6.45, 7) is 4.43. The highest BCUT2D eigenvalue weighted by Gasteiger charge is 2.39. The van der Waals surface area contributed by atoms with E-state index in [-0.39, 0.29) is 11.3 Å². The van der Waals surface area contributed by atoms with E-state index in [1.54, 1.807) is 11.3 Å². The Kier molecular flexibility index (Phi) is 3.04. The lowest BCUT2D eigenvalue weighted by Gasteiger charge is -2.25. The normalized spacial score (nSPS) is 24.3. The van der Waals surface area contributed by atoms with Gasteiger partial charge in [0.05, 0.1) is 8.66 Å². The summed E-state index contributed by atoms with van der Waals surface area (Å²) in [5.41, 5.74) is 0.188. The smallest absolute Gasteiger partial charge is 0.176 e. The van der Waals surface area contributed by atoms with Crippen molar-refractivity contribution in [1.29, 1.82) is 0 Å². The molecule has 1 aliphatic carbocycles. The molecular formula is C12H15BrOS. The van der Waals surface area contributed by atoms with E-state index in [9.17, 15) is 4.79 Å². The van der Waals surface area contributed by atoms with Crippen molar-refractivity contribution in [1.82, 2.24) is 0 Å². The van der Waals surface area contributed by atoms with Crippen molar-refractivity contribution in [2.24, 2.45) is 11.3 Å². The van der Waals surface area contributed by atoms with E-state index >= 15 is 0 Å². The van der Waals surface area contributed by atoms with Crippen molar-refractivity contribution in [2.75, 3.05) is 0 Å². The van der Waals surface area contributed by atoms with Crippen molar-refractivity contribution in [3.05, 3.63) is 20.8 Å². The molecule has 0 aromatic carbocycles. The quantitative estimate of drug-likeness (QED) is 0.731. The van der Waals surface area contributed by atoms with Gasteiger partial charge in [-0.25, -0.2) is 0 Å². The zero-order chi connectivity index (χ0) is 11.1.